The summed E-state index contributed by atoms with van der Waals surface area (Å²) in [5, 5.41) is 13.9. The lowest BCUT2D eigenvalue weighted by Crippen LogP contribution is -2.40. The molecule has 0 radical (unpaired) electrons. The van der Waals surface area contributed by atoms with Crippen molar-refractivity contribution in [3.8, 4) is 5.75 Å². The fraction of sp³-hybridized carbons (Fsp3) is 0.316. The van der Waals surface area contributed by atoms with Crippen molar-refractivity contribution in [2.75, 3.05) is 23.3 Å². The van der Waals surface area contributed by atoms with E-state index in [1.54, 1.807) is 12.1 Å². The minimum atomic E-state index is -3.17. The van der Waals surface area contributed by atoms with Gasteiger partial charge in [-0.1, -0.05) is 18.2 Å². The molecule has 0 bridgehead atoms. The highest BCUT2D eigenvalue weighted by Gasteiger charge is 2.28. The highest BCUT2D eigenvalue weighted by molar-refractivity contribution is 5.93. The Labute approximate surface area is 160 Å². The smallest absolute Gasteiger partial charge is 0.387 e. The van der Waals surface area contributed by atoms with Gasteiger partial charge in [-0.25, -0.2) is 0 Å². The zero-order valence-electron chi connectivity index (χ0n) is 14.9. The van der Waals surface area contributed by atoms with Gasteiger partial charge in [-0.15, -0.1) is 0 Å². The van der Waals surface area contributed by atoms with Crippen LogP contribution in [0.25, 0.3) is 0 Å². The van der Waals surface area contributed by atoms with E-state index in [2.05, 4.69) is 10.1 Å². The molecule has 7 nitrogen and oxygen atoms in total. The molecule has 2 aromatic rings. The Morgan fingerprint density at radius 1 is 1.25 bits per heavy atom. The van der Waals surface area contributed by atoms with Gasteiger partial charge in [0, 0.05) is 36.6 Å². The number of amides is 1. The Balaban J connectivity index is 1.74. The molecule has 0 unspecified atom stereocenters. The molecule has 1 aliphatic heterocycles. The first-order valence-corrected chi connectivity index (χ1v) is 8.78. The van der Waals surface area contributed by atoms with Crippen LogP contribution in [0.1, 0.15) is 12.8 Å². The number of nitro groups is 1. The molecule has 1 saturated heterocycles. The molecule has 9 heteroatoms. The van der Waals surface area contributed by atoms with Crippen LogP contribution in [0.3, 0.4) is 0 Å². The van der Waals surface area contributed by atoms with Crippen molar-refractivity contribution in [2.45, 2.75) is 19.5 Å². The van der Waals surface area contributed by atoms with E-state index in [9.17, 15) is 23.7 Å². The molecule has 3 rings (SSSR count). The molecule has 1 atom stereocenters. The number of halogens is 2. The summed E-state index contributed by atoms with van der Waals surface area (Å²) in [7, 11) is 0. The summed E-state index contributed by atoms with van der Waals surface area (Å²) in [6.07, 6.45) is 1.43. The predicted octanol–water partition coefficient (Wildman–Crippen LogP) is 4.05. The van der Waals surface area contributed by atoms with Crippen LogP contribution in [-0.4, -0.2) is 30.5 Å². The van der Waals surface area contributed by atoms with Crippen LogP contribution in [0.5, 0.6) is 5.75 Å². The van der Waals surface area contributed by atoms with Gasteiger partial charge >= 0.3 is 12.3 Å². The average molecular weight is 391 g/mol. The van der Waals surface area contributed by atoms with Crippen molar-refractivity contribution >= 4 is 23.0 Å². The summed E-state index contributed by atoms with van der Waals surface area (Å²) in [6, 6.07) is 12.9. The third-order valence-electron chi connectivity index (χ3n) is 4.55. The summed E-state index contributed by atoms with van der Waals surface area (Å²) < 4.78 is 29.5. The number of nitrogens with one attached hydrogen (secondary N) is 1. The Kier molecular flexibility index (Phi) is 6.03. The molecule has 0 spiro atoms. The molecule has 148 valence electrons. The number of nitro benzene ring substituents is 1. The first kappa shape index (κ1) is 19.5. The molecule has 0 saturated carbocycles. The van der Waals surface area contributed by atoms with Gasteiger partial charge in [-0.2, -0.15) is 8.78 Å². The van der Waals surface area contributed by atoms with Crippen LogP contribution >= 0.6 is 0 Å². The first-order chi connectivity index (χ1) is 13.4. The second-order valence-corrected chi connectivity index (χ2v) is 6.43. The third-order valence-corrected chi connectivity index (χ3v) is 4.55. The Morgan fingerprint density at radius 3 is 2.68 bits per heavy atom. The second-order valence-electron chi connectivity index (χ2n) is 6.43. The van der Waals surface area contributed by atoms with Crippen LogP contribution < -0.4 is 15.0 Å². The predicted molar refractivity (Wildman–Crippen MR) is 99.7 cm³/mol. The largest absolute Gasteiger partial charge is 0.427 e. The van der Waals surface area contributed by atoms with E-state index in [1.807, 2.05) is 23.1 Å². The number of rotatable bonds is 6. The van der Waals surface area contributed by atoms with Gasteiger partial charge in [0.1, 0.15) is 0 Å². The van der Waals surface area contributed by atoms with Crippen molar-refractivity contribution in [1.29, 1.82) is 0 Å². The van der Waals surface area contributed by atoms with Gasteiger partial charge in [-0.05, 0) is 31.0 Å². The summed E-state index contributed by atoms with van der Waals surface area (Å²) in [4.78, 5) is 24.6. The van der Waals surface area contributed by atoms with Gasteiger partial charge in [0.05, 0.1) is 10.8 Å². The number of carbonyl (C=O) groups excluding carboxylic acids is 1. The van der Waals surface area contributed by atoms with Gasteiger partial charge in [0.25, 0.3) is 0 Å². The zero-order valence-corrected chi connectivity index (χ0v) is 14.9. The Bertz CT molecular complexity index is 848. The van der Waals surface area contributed by atoms with Gasteiger partial charge < -0.3 is 15.0 Å². The fourth-order valence-electron chi connectivity index (χ4n) is 3.23. The van der Waals surface area contributed by atoms with Crippen LogP contribution in [0.4, 0.5) is 25.8 Å². The molecule has 0 aromatic heterocycles. The molecule has 1 amide bonds. The summed E-state index contributed by atoms with van der Waals surface area (Å²) in [5.74, 6) is -0.904. The van der Waals surface area contributed by atoms with E-state index in [4.69, 9.17) is 0 Å². The van der Waals surface area contributed by atoms with Crippen molar-refractivity contribution in [2.24, 2.45) is 5.92 Å². The molecule has 1 heterocycles. The number of benzene rings is 2. The summed E-state index contributed by atoms with van der Waals surface area (Å²) >= 11 is 0. The van der Waals surface area contributed by atoms with Crippen LogP contribution in [0, 0.1) is 16.0 Å². The van der Waals surface area contributed by atoms with Crippen molar-refractivity contribution in [3.63, 3.8) is 0 Å². The Morgan fingerprint density at radius 2 is 2.00 bits per heavy atom. The van der Waals surface area contributed by atoms with E-state index in [0.717, 1.165) is 12.5 Å². The standard InChI is InChI=1S/C19H19F2N3O4/c20-19(21)28-17-11-15(8-9-16(17)24(26)27)23-10-4-5-13(12-23)18(25)22-14-6-2-1-3-7-14/h1-3,6-9,11,13,19H,4-5,10,12H2,(H,22,25)/t13-/m1/s1. The lowest BCUT2D eigenvalue weighted by molar-refractivity contribution is -0.386. The van der Waals surface area contributed by atoms with Crippen molar-refractivity contribution in [1.82, 2.24) is 0 Å². The van der Waals surface area contributed by atoms with Crippen LogP contribution in [0.15, 0.2) is 48.5 Å². The highest BCUT2D eigenvalue weighted by Crippen LogP contribution is 2.34. The second kappa shape index (κ2) is 8.64. The first-order valence-electron chi connectivity index (χ1n) is 8.78. The molecular weight excluding hydrogens is 372 g/mol. The van der Waals surface area contributed by atoms with E-state index in [1.165, 1.54) is 12.1 Å². The fourth-order valence-corrected chi connectivity index (χ4v) is 3.23. The quantitative estimate of drug-likeness (QED) is 0.593. The van der Waals surface area contributed by atoms with Gasteiger partial charge in [-0.3, -0.25) is 14.9 Å². The number of hydrogen-bond donors (Lipinski definition) is 1. The van der Waals surface area contributed by atoms with Gasteiger partial charge in [0.2, 0.25) is 11.7 Å². The average Bonchev–Trinajstić information content (AvgIpc) is 2.68. The topological polar surface area (TPSA) is 84.7 Å². The lowest BCUT2D eigenvalue weighted by Gasteiger charge is -2.33. The minimum Gasteiger partial charge on any atom is -0.427 e. The maximum absolute atomic E-state index is 12.6. The van der Waals surface area contributed by atoms with Crippen LogP contribution in [-0.2, 0) is 4.79 Å². The van der Waals surface area contributed by atoms with E-state index in [-0.39, 0.29) is 11.8 Å². The highest BCUT2D eigenvalue weighted by atomic mass is 19.3. The summed E-state index contributed by atoms with van der Waals surface area (Å²) in [5.41, 5.74) is 0.672. The van der Waals surface area contributed by atoms with Crippen molar-refractivity contribution < 1.29 is 23.2 Å². The number of nitrogens with zero attached hydrogens (tertiary/aromatic N) is 2. The van der Waals surface area contributed by atoms with Gasteiger partial charge in [0.15, 0.2) is 0 Å². The summed E-state index contributed by atoms with van der Waals surface area (Å²) in [6.45, 7) is -2.18. The number of carbonyl (C=O) groups is 1. The zero-order chi connectivity index (χ0) is 20.1. The molecule has 1 aliphatic rings. The van der Waals surface area contributed by atoms with Crippen LogP contribution in [0.2, 0.25) is 0 Å². The number of ether oxygens (including phenoxy) is 1. The monoisotopic (exact) mass is 391 g/mol. The minimum absolute atomic E-state index is 0.123. The lowest BCUT2D eigenvalue weighted by atomic mass is 9.96. The van der Waals surface area contributed by atoms with E-state index >= 15 is 0 Å². The number of para-hydroxylation sites is 1. The number of hydrogen-bond acceptors (Lipinski definition) is 5. The number of piperidine rings is 1. The third kappa shape index (κ3) is 4.73. The van der Waals surface area contributed by atoms with E-state index in [0.29, 0.717) is 30.9 Å². The number of anilines is 2. The maximum atomic E-state index is 12.6. The molecule has 0 aliphatic carbocycles. The normalized spacial score (nSPS) is 16.7. The molecule has 1 N–H and O–H groups in total. The SMILES string of the molecule is O=C(Nc1ccccc1)[C@@H]1CCCN(c2ccc([N+](=O)[O-])c(OC(F)F)c2)C1. The van der Waals surface area contributed by atoms with E-state index < -0.39 is 23.0 Å². The number of alkyl halides is 2. The maximum Gasteiger partial charge on any atom is 0.387 e. The molecule has 2 aromatic carbocycles. The molecule has 1 fully saturated rings. The molecular formula is C19H19F2N3O4. The Hall–Kier alpha value is -3.23. The molecule has 28 heavy (non-hydrogen) atoms. The van der Waals surface area contributed by atoms with Crippen molar-refractivity contribution in [3.05, 3.63) is 58.6 Å².